The highest BCUT2D eigenvalue weighted by Crippen LogP contribution is 2.18. The van der Waals surface area contributed by atoms with E-state index in [2.05, 4.69) is 9.82 Å². The van der Waals surface area contributed by atoms with E-state index in [1.165, 1.54) is 17.1 Å². The predicted octanol–water partition coefficient (Wildman–Crippen LogP) is 1.47. The first-order chi connectivity index (χ1) is 9.88. The number of carboxylic acids is 1. The average molecular weight is 309 g/mol. The number of aliphatic carboxylic acids is 1. The molecule has 0 saturated heterocycles. The number of aromatic nitrogens is 2. The fourth-order valence-electron chi connectivity index (χ4n) is 1.71. The van der Waals surface area contributed by atoms with Crippen molar-refractivity contribution in [2.45, 2.75) is 24.8 Å². The Morgan fingerprint density at radius 3 is 2.76 bits per heavy atom. The van der Waals surface area contributed by atoms with Gasteiger partial charge >= 0.3 is 5.97 Å². The first-order valence-corrected chi connectivity index (χ1v) is 7.69. The molecule has 2 aromatic rings. The molecule has 8 heteroatoms. The summed E-state index contributed by atoms with van der Waals surface area (Å²) in [5, 5.41) is 12.4. The van der Waals surface area contributed by atoms with Crippen LogP contribution in [0.25, 0.3) is 0 Å². The standard InChI is InChI=1S/C13H15N3O4S/c1-10-4-2-3-5-12(10)15-21(19,20)11-8-14-16(9-11)7-6-13(17)18/h2-5,8-9,15H,6-7H2,1H3,(H,17,18). The Bertz CT molecular complexity index is 752. The van der Waals surface area contributed by atoms with Gasteiger partial charge in [-0.3, -0.25) is 14.2 Å². The number of nitrogens with zero attached hydrogens (tertiary/aromatic N) is 2. The molecule has 1 aromatic carbocycles. The number of carboxylic acid groups (broad SMARTS) is 1. The van der Waals surface area contributed by atoms with E-state index in [1.807, 2.05) is 6.07 Å². The van der Waals surface area contributed by atoms with Crippen LogP contribution in [0.5, 0.6) is 0 Å². The second kappa shape index (κ2) is 5.96. The Morgan fingerprint density at radius 2 is 2.10 bits per heavy atom. The Labute approximate surface area is 122 Å². The summed E-state index contributed by atoms with van der Waals surface area (Å²) in [4.78, 5) is 10.5. The lowest BCUT2D eigenvalue weighted by Crippen LogP contribution is -2.13. The number of anilines is 1. The minimum absolute atomic E-state index is 0.00357. The topological polar surface area (TPSA) is 101 Å². The molecule has 0 fully saturated rings. The normalized spacial score (nSPS) is 11.3. The van der Waals surface area contributed by atoms with E-state index in [-0.39, 0.29) is 17.9 Å². The molecule has 0 bridgehead atoms. The average Bonchev–Trinajstić information content (AvgIpc) is 2.88. The van der Waals surface area contributed by atoms with Crippen LogP contribution in [-0.4, -0.2) is 29.3 Å². The van der Waals surface area contributed by atoms with Crippen molar-refractivity contribution in [2.24, 2.45) is 0 Å². The number of aryl methyl sites for hydroxylation is 2. The van der Waals surface area contributed by atoms with Gasteiger partial charge in [-0.2, -0.15) is 5.10 Å². The number of benzene rings is 1. The third-order valence-corrected chi connectivity index (χ3v) is 4.18. The summed E-state index contributed by atoms with van der Waals surface area (Å²) in [6.07, 6.45) is 2.39. The second-order valence-corrected chi connectivity index (χ2v) is 6.19. The molecule has 0 amide bonds. The van der Waals surface area contributed by atoms with Crippen LogP contribution >= 0.6 is 0 Å². The molecule has 0 radical (unpaired) electrons. The first-order valence-electron chi connectivity index (χ1n) is 6.21. The molecule has 0 spiro atoms. The molecule has 0 aliphatic carbocycles. The molecule has 2 rings (SSSR count). The van der Waals surface area contributed by atoms with Gasteiger partial charge in [0.25, 0.3) is 10.0 Å². The van der Waals surface area contributed by atoms with E-state index in [9.17, 15) is 13.2 Å². The molecule has 112 valence electrons. The van der Waals surface area contributed by atoms with Crippen LogP contribution in [0.3, 0.4) is 0 Å². The molecule has 1 heterocycles. The van der Waals surface area contributed by atoms with Gasteiger partial charge in [-0.05, 0) is 18.6 Å². The van der Waals surface area contributed by atoms with Crippen molar-refractivity contribution >= 4 is 21.7 Å². The highest BCUT2D eigenvalue weighted by molar-refractivity contribution is 7.92. The van der Waals surface area contributed by atoms with Crippen LogP contribution in [0.4, 0.5) is 5.69 Å². The van der Waals surface area contributed by atoms with Crippen LogP contribution in [0.1, 0.15) is 12.0 Å². The molecule has 0 atom stereocenters. The smallest absolute Gasteiger partial charge is 0.305 e. The van der Waals surface area contributed by atoms with Gasteiger partial charge in [0, 0.05) is 6.20 Å². The van der Waals surface area contributed by atoms with E-state index < -0.39 is 16.0 Å². The molecule has 2 N–H and O–H groups in total. The summed E-state index contributed by atoms with van der Waals surface area (Å²) in [6, 6.07) is 7.02. The summed E-state index contributed by atoms with van der Waals surface area (Å²) in [5.41, 5.74) is 1.30. The maximum Gasteiger partial charge on any atom is 0.305 e. The minimum atomic E-state index is -3.73. The lowest BCUT2D eigenvalue weighted by molar-refractivity contribution is -0.137. The third-order valence-electron chi connectivity index (χ3n) is 2.86. The zero-order valence-electron chi connectivity index (χ0n) is 11.4. The summed E-state index contributed by atoms with van der Waals surface area (Å²) in [5.74, 6) is -0.965. The van der Waals surface area contributed by atoms with Crippen molar-refractivity contribution in [3.8, 4) is 0 Å². The van der Waals surface area contributed by atoms with Crippen LogP contribution in [0, 0.1) is 6.92 Å². The van der Waals surface area contributed by atoms with Gasteiger partial charge in [0.15, 0.2) is 0 Å². The molecule has 7 nitrogen and oxygen atoms in total. The van der Waals surface area contributed by atoms with E-state index in [0.29, 0.717) is 5.69 Å². The Kier molecular flexibility index (Phi) is 4.27. The lowest BCUT2D eigenvalue weighted by Gasteiger charge is -2.08. The van der Waals surface area contributed by atoms with Gasteiger partial charge in [0.05, 0.1) is 24.8 Å². The Balaban J connectivity index is 2.17. The number of nitrogens with one attached hydrogen (secondary N) is 1. The molecular weight excluding hydrogens is 294 g/mol. The molecule has 0 saturated carbocycles. The van der Waals surface area contributed by atoms with Gasteiger partial charge in [0.2, 0.25) is 0 Å². The van der Waals surface area contributed by atoms with E-state index >= 15 is 0 Å². The molecule has 21 heavy (non-hydrogen) atoms. The summed E-state index contributed by atoms with van der Waals surface area (Å²) >= 11 is 0. The van der Waals surface area contributed by atoms with E-state index in [1.54, 1.807) is 25.1 Å². The Morgan fingerprint density at radius 1 is 1.38 bits per heavy atom. The van der Waals surface area contributed by atoms with Crippen molar-refractivity contribution in [3.05, 3.63) is 42.2 Å². The zero-order valence-corrected chi connectivity index (χ0v) is 12.2. The molecule has 0 aliphatic heterocycles. The summed E-state index contributed by atoms with van der Waals surface area (Å²) in [6.45, 7) is 1.92. The minimum Gasteiger partial charge on any atom is -0.481 e. The maximum atomic E-state index is 12.2. The van der Waals surface area contributed by atoms with Gasteiger partial charge in [0.1, 0.15) is 4.90 Å². The number of sulfonamides is 1. The second-order valence-electron chi connectivity index (χ2n) is 4.50. The summed E-state index contributed by atoms with van der Waals surface area (Å²) < 4.78 is 28.2. The third kappa shape index (κ3) is 3.82. The largest absolute Gasteiger partial charge is 0.481 e. The highest BCUT2D eigenvalue weighted by atomic mass is 32.2. The number of hydrogen-bond donors (Lipinski definition) is 2. The zero-order chi connectivity index (χ0) is 15.5. The molecule has 0 unspecified atom stereocenters. The summed E-state index contributed by atoms with van der Waals surface area (Å²) in [7, 11) is -3.73. The first kappa shape index (κ1) is 15.0. The molecule has 0 aliphatic rings. The van der Waals surface area contributed by atoms with E-state index in [4.69, 9.17) is 5.11 Å². The van der Waals surface area contributed by atoms with Crippen molar-refractivity contribution in [1.29, 1.82) is 0 Å². The van der Waals surface area contributed by atoms with Crippen LogP contribution in [0.2, 0.25) is 0 Å². The number of rotatable bonds is 6. The van der Waals surface area contributed by atoms with Gasteiger partial charge in [-0.1, -0.05) is 18.2 Å². The van der Waals surface area contributed by atoms with Crippen LogP contribution < -0.4 is 4.72 Å². The molecular formula is C13H15N3O4S. The van der Waals surface area contributed by atoms with Gasteiger partial charge < -0.3 is 5.11 Å². The van der Waals surface area contributed by atoms with Gasteiger partial charge in [-0.25, -0.2) is 8.42 Å². The van der Waals surface area contributed by atoms with Crippen molar-refractivity contribution < 1.29 is 18.3 Å². The van der Waals surface area contributed by atoms with Crippen LogP contribution in [0.15, 0.2) is 41.6 Å². The quantitative estimate of drug-likeness (QED) is 0.841. The van der Waals surface area contributed by atoms with Crippen molar-refractivity contribution in [1.82, 2.24) is 9.78 Å². The van der Waals surface area contributed by atoms with Crippen molar-refractivity contribution in [3.63, 3.8) is 0 Å². The van der Waals surface area contributed by atoms with Crippen molar-refractivity contribution in [2.75, 3.05) is 4.72 Å². The predicted molar refractivity (Wildman–Crippen MR) is 76.5 cm³/mol. The maximum absolute atomic E-state index is 12.2. The fourth-order valence-corrected chi connectivity index (χ4v) is 2.79. The monoisotopic (exact) mass is 309 g/mol. The van der Waals surface area contributed by atoms with Crippen LogP contribution in [-0.2, 0) is 21.4 Å². The number of hydrogen-bond acceptors (Lipinski definition) is 4. The lowest BCUT2D eigenvalue weighted by atomic mass is 10.2. The highest BCUT2D eigenvalue weighted by Gasteiger charge is 2.17. The number of carbonyl (C=O) groups is 1. The number of para-hydroxylation sites is 1. The SMILES string of the molecule is Cc1ccccc1NS(=O)(=O)c1cnn(CCC(=O)O)c1. The Hall–Kier alpha value is -2.35. The molecule has 1 aromatic heterocycles. The van der Waals surface area contributed by atoms with E-state index in [0.717, 1.165) is 5.56 Å². The fraction of sp³-hybridized carbons (Fsp3) is 0.231. The van der Waals surface area contributed by atoms with Gasteiger partial charge in [-0.15, -0.1) is 0 Å².